The summed E-state index contributed by atoms with van der Waals surface area (Å²) in [4.78, 5) is 26.0. The minimum absolute atomic E-state index is 0.406. The molecule has 1 atom stereocenters. The number of thiophene rings is 1. The van der Waals surface area contributed by atoms with Gasteiger partial charge in [0.1, 0.15) is 10.6 Å². The van der Waals surface area contributed by atoms with Crippen molar-refractivity contribution in [3.63, 3.8) is 0 Å². The molecule has 0 aliphatic heterocycles. The Balaban J connectivity index is 2.01. The number of hydrogen-bond acceptors (Lipinski definition) is 5. The Bertz CT molecular complexity index is 738. The molecule has 1 N–H and O–H groups in total. The van der Waals surface area contributed by atoms with Gasteiger partial charge in [-0.1, -0.05) is 19.1 Å². The normalized spacial score (nSPS) is 11.7. The van der Waals surface area contributed by atoms with E-state index in [1.165, 1.54) is 18.4 Å². The van der Waals surface area contributed by atoms with E-state index in [1.54, 1.807) is 25.1 Å². The number of nitrogens with one attached hydrogen (secondary N) is 1. The first-order chi connectivity index (χ1) is 11.5. The Morgan fingerprint density at radius 3 is 2.62 bits per heavy atom. The molecule has 1 aromatic carbocycles. The number of esters is 1. The molecule has 0 saturated heterocycles. The van der Waals surface area contributed by atoms with Gasteiger partial charge in [-0.2, -0.15) is 0 Å². The SMILES string of the molecule is CCc1cc(C(=O)O[C@H](C)C(=O)Nc2ccccc2OC)sc1C. The van der Waals surface area contributed by atoms with Gasteiger partial charge in [0.15, 0.2) is 6.10 Å². The minimum Gasteiger partial charge on any atom is -0.495 e. The molecule has 0 radical (unpaired) electrons. The van der Waals surface area contributed by atoms with E-state index in [9.17, 15) is 9.59 Å². The highest BCUT2D eigenvalue weighted by Gasteiger charge is 2.21. The average Bonchev–Trinajstić information content (AvgIpc) is 2.96. The number of benzene rings is 1. The first-order valence-electron chi connectivity index (χ1n) is 7.70. The molecular weight excluding hydrogens is 326 g/mol. The van der Waals surface area contributed by atoms with E-state index in [1.807, 2.05) is 26.0 Å². The highest BCUT2D eigenvalue weighted by atomic mass is 32.1. The highest BCUT2D eigenvalue weighted by Crippen LogP contribution is 2.25. The van der Waals surface area contributed by atoms with Crippen LogP contribution in [0, 0.1) is 6.92 Å². The number of methoxy groups -OCH3 is 1. The topological polar surface area (TPSA) is 64.6 Å². The van der Waals surface area contributed by atoms with Gasteiger partial charge in [-0.25, -0.2) is 4.79 Å². The predicted molar refractivity (Wildman–Crippen MR) is 94.9 cm³/mol. The molecule has 6 heteroatoms. The lowest BCUT2D eigenvalue weighted by atomic mass is 10.2. The fraction of sp³-hybridized carbons (Fsp3) is 0.333. The Kier molecular flexibility index (Phi) is 5.98. The molecule has 0 spiro atoms. The first-order valence-corrected chi connectivity index (χ1v) is 8.52. The van der Waals surface area contributed by atoms with Crippen LogP contribution in [0.25, 0.3) is 0 Å². The maximum Gasteiger partial charge on any atom is 0.349 e. The van der Waals surface area contributed by atoms with Crippen molar-refractivity contribution in [2.75, 3.05) is 12.4 Å². The number of carbonyl (C=O) groups excluding carboxylic acids is 2. The lowest BCUT2D eigenvalue weighted by molar-refractivity contribution is -0.123. The monoisotopic (exact) mass is 347 g/mol. The van der Waals surface area contributed by atoms with Crippen LogP contribution in [0.1, 0.15) is 34.0 Å². The molecule has 0 unspecified atom stereocenters. The number of anilines is 1. The molecule has 0 bridgehead atoms. The van der Waals surface area contributed by atoms with E-state index in [0.29, 0.717) is 16.3 Å². The molecular formula is C18H21NO4S. The number of aryl methyl sites for hydroxylation is 2. The number of hydrogen-bond donors (Lipinski definition) is 1. The van der Waals surface area contributed by atoms with Gasteiger partial charge in [-0.05, 0) is 44.0 Å². The number of carbonyl (C=O) groups is 2. The third-order valence-electron chi connectivity index (χ3n) is 3.62. The van der Waals surface area contributed by atoms with Crippen LogP contribution in [-0.2, 0) is 16.0 Å². The van der Waals surface area contributed by atoms with E-state index >= 15 is 0 Å². The predicted octanol–water partition coefficient (Wildman–Crippen LogP) is 3.81. The van der Waals surface area contributed by atoms with Crippen molar-refractivity contribution in [2.24, 2.45) is 0 Å². The summed E-state index contributed by atoms with van der Waals surface area (Å²) in [5.74, 6) is -0.340. The molecule has 0 saturated carbocycles. The zero-order valence-electron chi connectivity index (χ0n) is 14.2. The molecule has 2 aromatic rings. The smallest absolute Gasteiger partial charge is 0.349 e. The molecule has 24 heavy (non-hydrogen) atoms. The summed E-state index contributed by atoms with van der Waals surface area (Å²) in [5, 5.41) is 2.71. The summed E-state index contributed by atoms with van der Waals surface area (Å²) in [6.07, 6.45) is -0.0469. The molecule has 1 aromatic heterocycles. The summed E-state index contributed by atoms with van der Waals surface area (Å²) in [6, 6.07) is 8.89. The average molecular weight is 347 g/mol. The lowest BCUT2D eigenvalue weighted by Crippen LogP contribution is -2.29. The zero-order chi connectivity index (χ0) is 17.7. The molecule has 1 heterocycles. The second-order valence-electron chi connectivity index (χ2n) is 5.28. The third-order valence-corrected chi connectivity index (χ3v) is 4.69. The minimum atomic E-state index is -0.908. The zero-order valence-corrected chi connectivity index (χ0v) is 15.0. The van der Waals surface area contributed by atoms with E-state index in [4.69, 9.17) is 9.47 Å². The fourth-order valence-corrected chi connectivity index (χ4v) is 3.22. The number of para-hydroxylation sites is 2. The Morgan fingerprint density at radius 1 is 1.29 bits per heavy atom. The number of rotatable bonds is 6. The molecule has 5 nitrogen and oxygen atoms in total. The van der Waals surface area contributed by atoms with E-state index in [-0.39, 0.29) is 0 Å². The Labute approximate surface area is 145 Å². The summed E-state index contributed by atoms with van der Waals surface area (Å²) in [5.41, 5.74) is 1.66. The van der Waals surface area contributed by atoms with Crippen LogP contribution < -0.4 is 10.1 Å². The molecule has 2 rings (SSSR count). The first kappa shape index (κ1) is 18.0. The standard InChI is InChI=1S/C18H21NO4S/c1-5-13-10-16(24-12(13)3)18(21)23-11(2)17(20)19-14-8-6-7-9-15(14)22-4/h6-11H,5H2,1-4H3,(H,19,20)/t11-/m1/s1. The Hall–Kier alpha value is -2.34. The van der Waals surface area contributed by atoms with Crippen molar-refractivity contribution in [3.05, 3.63) is 45.6 Å². The van der Waals surface area contributed by atoms with Gasteiger partial charge in [0.2, 0.25) is 0 Å². The van der Waals surface area contributed by atoms with Crippen LogP contribution in [0.15, 0.2) is 30.3 Å². The van der Waals surface area contributed by atoms with Crippen molar-refractivity contribution >= 4 is 28.9 Å². The van der Waals surface area contributed by atoms with Crippen LogP contribution in [-0.4, -0.2) is 25.1 Å². The van der Waals surface area contributed by atoms with Crippen LogP contribution in [0.2, 0.25) is 0 Å². The summed E-state index contributed by atoms with van der Waals surface area (Å²) >= 11 is 1.38. The molecule has 128 valence electrons. The van der Waals surface area contributed by atoms with Crippen molar-refractivity contribution in [3.8, 4) is 5.75 Å². The van der Waals surface area contributed by atoms with Crippen molar-refractivity contribution in [1.29, 1.82) is 0 Å². The maximum atomic E-state index is 12.2. The number of amides is 1. The van der Waals surface area contributed by atoms with Gasteiger partial charge in [-0.15, -0.1) is 11.3 Å². The molecule has 0 aliphatic rings. The highest BCUT2D eigenvalue weighted by molar-refractivity contribution is 7.14. The fourth-order valence-electron chi connectivity index (χ4n) is 2.23. The van der Waals surface area contributed by atoms with Crippen LogP contribution >= 0.6 is 11.3 Å². The van der Waals surface area contributed by atoms with Crippen molar-refractivity contribution in [1.82, 2.24) is 0 Å². The van der Waals surface area contributed by atoms with E-state index in [0.717, 1.165) is 16.9 Å². The summed E-state index contributed by atoms with van der Waals surface area (Å²) in [6.45, 7) is 5.55. The van der Waals surface area contributed by atoms with Gasteiger partial charge in [-0.3, -0.25) is 4.79 Å². The van der Waals surface area contributed by atoms with E-state index < -0.39 is 18.0 Å². The second kappa shape index (κ2) is 7.97. The van der Waals surface area contributed by atoms with Gasteiger partial charge in [0.25, 0.3) is 5.91 Å². The number of ether oxygens (including phenoxy) is 2. The molecule has 1 amide bonds. The second-order valence-corrected chi connectivity index (χ2v) is 6.54. The molecule has 0 fully saturated rings. The Morgan fingerprint density at radius 2 is 2.00 bits per heavy atom. The summed E-state index contributed by atoms with van der Waals surface area (Å²) in [7, 11) is 1.53. The van der Waals surface area contributed by atoms with Crippen molar-refractivity contribution in [2.45, 2.75) is 33.3 Å². The van der Waals surface area contributed by atoms with Crippen LogP contribution in [0.4, 0.5) is 5.69 Å². The van der Waals surface area contributed by atoms with Gasteiger partial charge < -0.3 is 14.8 Å². The van der Waals surface area contributed by atoms with Crippen LogP contribution in [0.5, 0.6) is 5.75 Å². The molecule has 0 aliphatic carbocycles. The van der Waals surface area contributed by atoms with Gasteiger partial charge in [0.05, 0.1) is 12.8 Å². The largest absolute Gasteiger partial charge is 0.495 e. The third kappa shape index (κ3) is 4.14. The van der Waals surface area contributed by atoms with Gasteiger partial charge in [0, 0.05) is 4.88 Å². The van der Waals surface area contributed by atoms with Gasteiger partial charge >= 0.3 is 5.97 Å². The lowest BCUT2D eigenvalue weighted by Gasteiger charge is -2.14. The quantitative estimate of drug-likeness (QED) is 0.807. The van der Waals surface area contributed by atoms with Crippen molar-refractivity contribution < 1.29 is 19.1 Å². The van der Waals surface area contributed by atoms with Crippen LogP contribution in [0.3, 0.4) is 0 Å². The van der Waals surface area contributed by atoms with E-state index in [2.05, 4.69) is 5.32 Å². The maximum absolute atomic E-state index is 12.2. The summed E-state index contributed by atoms with van der Waals surface area (Å²) < 4.78 is 10.5.